The first-order valence-corrected chi connectivity index (χ1v) is 17.9. The topological polar surface area (TPSA) is 36.9 Å². The van der Waals surface area contributed by atoms with Crippen molar-refractivity contribution in [1.82, 2.24) is 0 Å². The number of hydrogen-bond acceptors (Lipinski definition) is 4. The number of rotatable bonds is 11. The average Bonchev–Trinajstić information content (AvgIpc) is 3.06. The molecule has 8 aliphatic carbocycles. The molecular weight excluding hydrogens is 592 g/mol. The van der Waals surface area contributed by atoms with Crippen LogP contribution in [0.1, 0.15) is 88.2 Å². The molecule has 0 aromatic heterocycles. The molecule has 8 bridgehead atoms. The highest BCUT2D eigenvalue weighted by Crippen LogP contribution is 2.79. The second-order valence-corrected chi connectivity index (χ2v) is 16.3. The number of benzene rings is 2. The standard InChI is InChI=1S/C44H46O4/c1-5-13-45-35-9-11-37(39(19-35)47-15-7-3)41-21-31-17-32(22-41)26-43(25-31,29-41)44-27-33-18-34(28-44)24-42(23-33,30-44)38-12-10-36(46-14-6-2)20-40(38)48-16-8-4/h1-4,9-12,19-20,31-34H,13-18,21-30H2. The van der Waals surface area contributed by atoms with E-state index in [1.807, 2.05) is 12.1 Å². The van der Waals surface area contributed by atoms with Crippen LogP contribution in [0, 0.1) is 83.9 Å². The molecule has 4 nitrogen and oxygen atoms in total. The van der Waals surface area contributed by atoms with Gasteiger partial charge >= 0.3 is 0 Å². The van der Waals surface area contributed by atoms with Crippen LogP contribution in [0.3, 0.4) is 0 Å². The minimum absolute atomic E-state index is 0.0895. The van der Waals surface area contributed by atoms with Gasteiger partial charge in [0.15, 0.2) is 0 Å². The molecule has 246 valence electrons. The summed E-state index contributed by atoms with van der Waals surface area (Å²) < 4.78 is 24.3. The Kier molecular flexibility index (Phi) is 7.65. The summed E-state index contributed by atoms with van der Waals surface area (Å²) in [6.45, 7) is 0.947. The number of ether oxygens (including phenoxy) is 4. The lowest BCUT2D eigenvalue weighted by molar-refractivity contribution is -0.212. The van der Waals surface area contributed by atoms with Gasteiger partial charge in [-0.2, -0.15) is 0 Å². The van der Waals surface area contributed by atoms with Gasteiger partial charge in [-0.1, -0.05) is 35.8 Å². The largest absolute Gasteiger partial charge is 0.481 e. The lowest BCUT2D eigenvalue weighted by Crippen LogP contribution is -2.66. The fourth-order valence-electron chi connectivity index (χ4n) is 13.2. The van der Waals surface area contributed by atoms with Crippen molar-refractivity contribution in [1.29, 1.82) is 0 Å². The summed E-state index contributed by atoms with van der Waals surface area (Å²) in [6.07, 6.45) is 38.0. The normalized spacial score (nSPS) is 36.3. The molecule has 8 aliphatic rings. The Morgan fingerprint density at radius 1 is 0.500 bits per heavy atom. The SMILES string of the molecule is C#CCOc1ccc(C23CC4CC(C2)CC(C25CC6CC(CC(c7ccc(OCC#C)cc7OCC#C)(C6)C2)C5)(C4)C3)c(OCC#C)c1. The van der Waals surface area contributed by atoms with Gasteiger partial charge in [0.25, 0.3) is 0 Å². The average molecular weight is 639 g/mol. The van der Waals surface area contributed by atoms with Crippen molar-refractivity contribution in [2.24, 2.45) is 34.5 Å². The first-order chi connectivity index (χ1) is 23.4. The van der Waals surface area contributed by atoms with Crippen molar-refractivity contribution in [3.8, 4) is 72.4 Å². The van der Waals surface area contributed by atoms with Crippen LogP contribution in [-0.4, -0.2) is 26.4 Å². The van der Waals surface area contributed by atoms with Crippen LogP contribution in [0.15, 0.2) is 36.4 Å². The van der Waals surface area contributed by atoms with Crippen LogP contribution in [0.4, 0.5) is 0 Å². The number of hydrogen-bond donors (Lipinski definition) is 0. The van der Waals surface area contributed by atoms with E-state index < -0.39 is 0 Å². The molecular formula is C44H46O4. The van der Waals surface area contributed by atoms with E-state index in [1.54, 1.807) is 0 Å². The highest BCUT2D eigenvalue weighted by Gasteiger charge is 2.70. The highest BCUT2D eigenvalue weighted by atomic mass is 16.5. The van der Waals surface area contributed by atoms with Crippen LogP contribution in [-0.2, 0) is 10.8 Å². The maximum atomic E-state index is 6.32. The molecule has 4 unspecified atom stereocenters. The fraction of sp³-hybridized carbons (Fsp3) is 0.545. The molecule has 0 amide bonds. The smallest absolute Gasteiger partial charge is 0.148 e. The zero-order valence-electron chi connectivity index (χ0n) is 28.0. The van der Waals surface area contributed by atoms with Crippen molar-refractivity contribution in [2.45, 2.75) is 87.9 Å². The van der Waals surface area contributed by atoms with Crippen LogP contribution in [0.25, 0.3) is 0 Å². The van der Waals surface area contributed by atoms with Crippen LogP contribution >= 0.6 is 0 Å². The first-order valence-electron chi connectivity index (χ1n) is 17.9. The van der Waals surface area contributed by atoms with E-state index in [-0.39, 0.29) is 37.3 Å². The molecule has 0 N–H and O–H groups in total. The summed E-state index contributed by atoms with van der Waals surface area (Å²) in [5, 5.41) is 0. The zero-order chi connectivity index (χ0) is 33.0. The molecule has 2 aromatic carbocycles. The second kappa shape index (κ2) is 11.8. The minimum atomic E-state index is 0.0895. The Balaban J connectivity index is 1.18. The van der Waals surface area contributed by atoms with Gasteiger partial charge in [-0.25, -0.2) is 0 Å². The van der Waals surface area contributed by atoms with E-state index in [9.17, 15) is 0 Å². The van der Waals surface area contributed by atoms with Gasteiger partial charge in [0.1, 0.15) is 49.4 Å². The van der Waals surface area contributed by atoms with Crippen molar-refractivity contribution >= 4 is 0 Å². The van der Waals surface area contributed by atoms with Crippen LogP contribution < -0.4 is 18.9 Å². The second-order valence-electron chi connectivity index (χ2n) is 16.3. The first kappa shape index (κ1) is 31.2. The molecule has 10 rings (SSSR count). The fourth-order valence-corrected chi connectivity index (χ4v) is 13.2. The summed E-state index contributed by atoms with van der Waals surface area (Å²) in [5.41, 5.74) is 3.47. The molecule has 4 atom stereocenters. The molecule has 8 saturated carbocycles. The Labute approximate surface area is 287 Å². The molecule has 0 radical (unpaired) electrons. The van der Waals surface area contributed by atoms with E-state index in [4.69, 9.17) is 44.6 Å². The third-order valence-corrected chi connectivity index (χ3v) is 13.6. The molecule has 48 heavy (non-hydrogen) atoms. The Bertz CT molecular complexity index is 1600. The predicted molar refractivity (Wildman–Crippen MR) is 188 cm³/mol. The monoisotopic (exact) mass is 638 g/mol. The van der Waals surface area contributed by atoms with Crippen molar-refractivity contribution < 1.29 is 18.9 Å². The molecule has 0 saturated heterocycles. The Morgan fingerprint density at radius 2 is 0.854 bits per heavy atom. The maximum Gasteiger partial charge on any atom is 0.148 e. The van der Waals surface area contributed by atoms with Gasteiger partial charge in [0.05, 0.1) is 0 Å². The van der Waals surface area contributed by atoms with Crippen molar-refractivity contribution in [2.75, 3.05) is 26.4 Å². The molecule has 8 fully saturated rings. The quantitative estimate of drug-likeness (QED) is 0.233. The molecule has 4 heteroatoms. The highest BCUT2D eigenvalue weighted by molar-refractivity contribution is 5.49. The molecule has 0 aliphatic heterocycles. The van der Waals surface area contributed by atoms with Crippen molar-refractivity contribution in [3.05, 3.63) is 47.5 Å². The van der Waals surface area contributed by atoms with Gasteiger partial charge in [-0.05, 0) is 124 Å². The maximum absolute atomic E-state index is 6.32. The van der Waals surface area contributed by atoms with Gasteiger partial charge in [-0.15, -0.1) is 25.7 Å². The Morgan fingerprint density at radius 3 is 1.21 bits per heavy atom. The lowest BCUT2D eigenvalue weighted by Gasteiger charge is -2.74. The molecule has 0 spiro atoms. The molecule has 2 aromatic rings. The van der Waals surface area contributed by atoms with Crippen LogP contribution in [0.2, 0.25) is 0 Å². The van der Waals surface area contributed by atoms with E-state index in [0.29, 0.717) is 10.8 Å². The number of terminal acetylenes is 4. The third kappa shape index (κ3) is 4.95. The summed E-state index contributed by atoms with van der Waals surface area (Å²) in [7, 11) is 0. The van der Waals surface area contributed by atoms with Gasteiger partial charge in [0, 0.05) is 34.1 Å². The summed E-state index contributed by atoms with van der Waals surface area (Å²) in [5.74, 6) is 16.8. The van der Waals surface area contributed by atoms with E-state index in [2.05, 4.69) is 47.9 Å². The summed E-state index contributed by atoms with van der Waals surface area (Å²) >= 11 is 0. The van der Waals surface area contributed by atoms with Gasteiger partial charge in [0.2, 0.25) is 0 Å². The Hall–Kier alpha value is -4.12. The van der Waals surface area contributed by atoms with Gasteiger partial charge < -0.3 is 18.9 Å². The summed E-state index contributed by atoms with van der Waals surface area (Å²) in [4.78, 5) is 0. The predicted octanol–water partition coefficient (Wildman–Crippen LogP) is 8.11. The van der Waals surface area contributed by atoms with E-state index in [1.165, 1.54) is 88.2 Å². The van der Waals surface area contributed by atoms with Gasteiger partial charge in [-0.3, -0.25) is 0 Å². The van der Waals surface area contributed by atoms with Crippen LogP contribution in [0.5, 0.6) is 23.0 Å². The van der Waals surface area contributed by atoms with E-state index >= 15 is 0 Å². The van der Waals surface area contributed by atoms with E-state index in [0.717, 1.165) is 46.7 Å². The third-order valence-electron chi connectivity index (χ3n) is 13.6. The lowest BCUT2D eigenvalue weighted by atomic mass is 9.30. The minimum Gasteiger partial charge on any atom is -0.481 e. The zero-order valence-corrected chi connectivity index (χ0v) is 28.0. The molecule has 0 heterocycles. The van der Waals surface area contributed by atoms with Crippen molar-refractivity contribution in [3.63, 3.8) is 0 Å². The summed E-state index contributed by atoms with van der Waals surface area (Å²) in [6, 6.07) is 12.8.